The van der Waals surface area contributed by atoms with Crippen molar-refractivity contribution in [1.29, 1.82) is 0 Å². The molecule has 14 heavy (non-hydrogen) atoms. The Morgan fingerprint density at radius 3 is 3.00 bits per heavy atom. The SMILES string of the molecule is Clc1ccc2c(c1)C1CCCCC1N2. The fourth-order valence-electron chi connectivity index (χ4n) is 2.85. The van der Waals surface area contributed by atoms with Gasteiger partial charge in [-0.3, -0.25) is 0 Å². The van der Waals surface area contributed by atoms with Gasteiger partial charge in [0, 0.05) is 22.7 Å². The molecule has 0 spiro atoms. The van der Waals surface area contributed by atoms with E-state index in [-0.39, 0.29) is 0 Å². The molecule has 1 aromatic carbocycles. The minimum atomic E-state index is 0.678. The van der Waals surface area contributed by atoms with Crippen molar-refractivity contribution in [3.05, 3.63) is 28.8 Å². The quantitative estimate of drug-likeness (QED) is 0.683. The first-order valence-corrected chi connectivity index (χ1v) is 5.78. The molecule has 0 bridgehead atoms. The third-order valence-corrected chi connectivity index (χ3v) is 3.76. The zero-order valence-electron chi connectivity index (χ0n) is 8.09. The van der Waals surface area contributed by atoms with Crippen molar-refractivity contribution in [1.82, 2.24) is 0 Å². The largest absolute Gasteiger partial charge is 0.381 e. The molecule has 1 heterocycles. The molecule has 74 valence electrons. The summed E-state index contributed by atoms with van der Waals surface area (Å²) < 4.78 is 0. The molecule has 3 rings (SSSR count). The highest BCUT2D eigenvalue weighted by Crippen LogP contribution is 2.44. The first-order valence-electron chi connectivity index (χ1n) is 5.40. The van der Waals surface area contributed by atoms with Crippen LogP contribution in [-0.2, 0) is 0 Å². The zero-order chi connectivity index (χ0) is 9.54. The number of hydrogen-bond donors (Lipinski definition) is 1. The Kier molecular flexibility index (Phi) is 1.94. The van der Waals surface area contributed by atoms with Gasteiger partial charge in [-0.1, -0.05) is 24.4 Å². The number of nitrogens with one attached hydrogen (secondary N) is 1. The lowest BCUT2D eigenvalue weighted by Gasteiger charge is -2.25. The van der Waals surface area contributed by atoms with Gasteiger partial charge in [-0.15, -0.1) is 0 Å². The van der Waals surface area contributed by atoms with E-state index in [1.165, 1.54) is 36.9 Å². The molecular formula is C12H14ClN. The minimum absolute atomic E-state index is 0.678. The van der Waals surface area contributed by atoms with Crippen LogP contribution in [-0.4, -0.2) is 6.04 Å². The Morgan fingerprint density at radius 1 is 1.21 bits per heavy atom. The van der Waals surface area contributed by atoms with Crippen molar-refractivity contribution in [2.24, 2.45) is 0 Å². The van der Waals surface area contributed by atoms with Crippen LogP contribution in [0.25, 0.3) is 0 Å². The molecule has 1 aliphatic heterocycles. The smallest absolute Gasteiger partial charge is 0.0410 e. The van der Waals surface area contributed by atoms with Gasteiger partial charge in [-0.2, -0.15) is 0 Å². The standard InChI is InChI=1S/C12H14ClN/c13-8-5-6-12-10(7-8)9-3-1-2-4-11(9)14-12/h5-7,9,11,14H,1-4H2. The van der Waals surface area contributed by atoms with Gasteiger partial charge in [-0.05, 0) is 36.6 Å². The van der Waals surface area contributed by atoms with Crippen LogP contribution >= 0.6 is 11.6 Å². The van der Waals surface area contributed by atoms with E-state index < -0.39 is 0 Å². The minimum Gasteiger partial charge on any atom is -0.381 e. The average Bonchev–Trinajstić information content (AvgIpc) is 2.56. The van der Waals surface area contributed by atoms with E-state index in [1.807, 2.05) is 6.07 Å². The monoisotopic (exact) mass is 207 g/mol. The third-order valence-electron chi connectivity index (χ3n) is 3.52. The molecule has 2 heteroatoms. The predicted molar refractivity (Wildman–Crippen MR) is 60.1 cm³/mol. The lowest BCUT2D eigenvalue weighted by atomic mass is 9.83. The summed E-state index contributed by atoms with van der Waals surface area (Å²) in [5.41, 5.74) is 2.76. The molecule has 2 atom stereocenters. The second kappa shape index (κ2) is 3.16. The number of fused-ring (bicyclic) bond motifs is 3. The third kappa shape index (κ3) is 1.23. The van der Waals surface area contributed by atoms with Gasteiger partial charge in [0.15, 0.2) is 0 Å². The Labute approximate surface area is 89.5 Å². The maximum atomic E-state index is 6.03. The summed E-state index contributed by atoms with van der Waals surface area (Å²) in [5, 5.41) is 4.48. The van der Waals surface area contributed by atoms with Crippen LogP contribution in [0.5, 0.6) is 0 Å². The molecular weight excluding hydrogens is 194 g/mol. The Morgan fingerprint density at radius 2 is 2.07 bits per heavy atom. The normalized spacial score (nSPS) is 29.2. The Bertz CT molecular complexity index is 361. The first-order chi connectivity index (χ1) is 6.84. The molecule has 1 fully saturated rings. The molecule has 0 radical (unpaired) electrons. The van der Waals surface area contributed by atoms with Crippen LogP contribution in [0.2, 0.25) is 5.02 Å². The second-order valence-electron chi connectivity index (χ2n) is 4.37. The van der Waals surface area contributed by atoms with Crippen LogP contribution in [0.4, 0.5) is 5.69 Å². The fraction of sp³-hybridized carbons (Fsp3) is 0.500. The van der Waals surface area contributed by atoms with Crippen molar-refractivity contribution in [2.45, 2.75) is 37.6 Å². The highest BCUT2D eigenvalue weighted by Gasteiger charge is 2.33. The molecule has 2 unspecified atom stereocenters. The van der Waals surface area contributed by atoms with Crippen LogP contribution in [0.1, 0.15) is 37.2 Å². The molecule has 1 aromatic rings. The van der Waals surface area contributed by atoms with Crippen molar-refractivity contribution >= 4 is 17.3 Å². The van der Waals surface area contributed by atoms with Crippen LogP contribution in [0, 0.1) is 0 Å². The molecule has 1 saturated carbocycles. The molecule has 1 aliphatic carbocycles. The van der Waals surface area contributed by atoms with E-state index in [0.717, 1.165) is 10.9 Å². The summed E-state index contributed by atoms with van der Waals surface area (Å²) in [4.78, 5) is 0. The second-order valence-corrected chi connectivity index (χ2v) is 4.81. The van der Waals surface area contributed by atoms with E-state index in [9.17, 15) is 0 Å². The summed E-state index contributed by atoms with van der Waals surface area (Å²) in [6.45, 7) is 0. The summed E-state index contributed by atoms with van der Waals surface area (Å²) >= 11 is 6.03. The van der Waals surface area contributed by atoms with E-state index in [1.54, 1.807) is 0 Å². The number of hydrogen-bond acceptors (Lipinski definition) is 1. The van der Waals surface area contributed by atoms with Crippen LogP contribution in [0.3, 0.4) is 0 Å². The fourth-order valence-corrected chi connectivity index (χ4v) is 3.03. The summed E-state index contributed by atoms with van der Waals surface area (Å²) in [6.07, 6.45) is 5.38. The molecule has 1 nitrogen and oxygen atoms in total. The van der Waals surface area contributed by atoms with Gasteiger partial charge < -0.3 is 5.32 Å². The van der Waals surface area contributed by atoms with E-state index in [4.69, 9.17) is 11.6 Å². The average molecular weight is 208 g/mol. The number of benzene rings is 1. The van der Waals surface area contributed by atoms with E-state index >= 15 is 0 Å². The summed E-state index contributed by atoms with van der Waals surface area (Å²) in [5.74, 6) is 0.720. The van der Waals surface area contributed by atoms with Crippen molar-refractivity contribution < 1.29 is 0 Å². The highest BCUT2D eigenvalue weighted by atomic mass is 35.5. The maximum Gasteiger partial charge on any atom is 0.0410 e. The predicted octanol–water partition coefficient (Wildman–Crippen LogP) is 3.79. The van der Waals surface area contributed by atoms with E-state index in [2.05, 4.69) is 17.4 Å². The molecule has 0 saturated heterocycles. The Hall–Kier alpha value is -0.690. The number of halogens is 1. The number of anilines is 1. The topological polar surface area (TPSA) is 12.0 Å². The van der Waals surface area contributed by atoms with Gasteiger partial charge in [0.2, 0.25) is 0 Å². The number of rotatable bonds is 0. The molecule has 0 aromatic heterocycles. The van der Waals surface area contributed by atoms with Gasteiger partial charge in [0.25, 0.3) is 0 Å². The van der Waals surface area contributed by atoms with Crippen molar-refractivity contribution in [3.8, 4) is 0 Å². The lowest BCUT2D eigenvalue weighted by molar-refractivity contribution is 0.422. The van der Waals surface area contributed by atoms with Gasteiger partial charge >= 0.3 is 0 Å². The first kappa shape index (κ1) is 8.60. The molecule has 0 amide bonds. The van der Waals surface area contributed by atoms with Crippen molar-refractivity contribution in [2.75, 3.05) is 5.32 Å². The van der Waals surface area contributed by atoms with E-state index in [0.29, 0.717) is 6.04 Å². The zero-order valence-corrected chi connectivity index (χ0v) is 8.85. The van der Waals surface area contributed by atoms with Gasteiger partial charge in [-0.25, -0.2) is 0 Å². The highest BCUT2D eigenvalue weighted by molar-refractivity contribution is 6.30. The molecule has 1 N–H and O–H groups in total. The van der Waals surface area contributed by atoms with Crippen molar-refractivity contribution in [3.63, 3.8) is 0 Å². The molecule has 2 aliphatic rings. The maximum absolute atomic E-state index is 6.03. The summed E-state index contributed by atoms with van der Waals surface area (Å²) in [6, 6.07) is 6.91. The lowest BCUT2D eigenvalue weighted by Crippen LogP contribution is -2.23. The van der Waals surface area contributed by atoms with Crippen LogP contribution < -0.4 is 5.32 Å². The Balaban J connectivity index is 2.02. The van der Waals surface area contributed by atoms with Gasteiger partial charge in [0.05, 0.1) is 0 Å². The van der Waals surface area contributed by atoms with Crippen LogP contribution in [0.15, 0.2) is 18.2 Å². The van der Waals surface area contributed by atoms with Gasteiger partial charge in [0.1, 0.15) is 0 Å². The summed E-state index contributed by atoms with van der Waals surface area (Å²) in [7, 11) is 0.